The second-order valence-corrected chi connectivity index (χ2v) is 7.09. The molecule has 3 nitrogen and oxygen atoms in total. The quantitative estimate of drug-likeness (QED) is 0.918. The Balaban J connectivity index is 0.00000192. The van der Waals surface area contributed by atoms with Crippen molar-refractivity contribution in [1.82, 2.24) is 10.2 Å². The molecule has 2 saturated heterocycles. The maximum atomic E-state index is 12.9. The smallest absolute Gasteiger partial charge is 0.226 e. The molecule has 1 aromatic rings. The van der Waals surface area contributed by atoms with Crippen molar-refractivity contribution in [3.05, 3.63) is 35.4 Å². The number of halogens is 1. The third-order valence-electron chi connectivity index (χ3n) is 5.23. The van der Waals surface area contributed by atoms with Gasteiger partial charge in [-0.2, -0.15) is 0 Å². The lowest BCUT2D eigenvalue weighted by atomic mass is 9.91. The summed E-state index contributed by atoms with van der Waals surface area (Å²) < 4.78 is 0. The van der Waals surface area contributed by atoms with E-state index in [1.165, 1.54) is 11.1 Å². The number of piperidine rings is 1. The van der Waals surface area contributed by atoms with Gasteiger partial charge in [0, 0.05) is 24.5 Å². The molecule has 23 heavy (non-hydrogen) atoms. The highest BCUT2D eigenvalue weighted by molar-refractivity contribution is 5.85. The van der Waals surface area contributed by atoms with Gasteiger partial charge in [-0.25, -0.2) is 0 Å². The van der Waals surface area contributed by atoms with Crippen molar-refractivity contribution in [3.63, 3.8) is 0 Å². The van der Waals surface area contributed by atoms with Crippen molar-refractivity contribution in [2.75, 3.05) is 13.1 Å². The molecular weight excluding hydrogens is 308 g/mol. The van der Waals surface area contributed by atoms with E-state index in [0.29, 0.717) is 18.0 Å². The average molecular weight is 337 g/mol. The van der Waals surface area contributed by atoms with Gasteiger partial charge in [-0.15, -0.1) is 12.4 Å². The molecule has 0 aromatic heterocycles. The molecule has 0 bridgehead atoms. The van der Waals surface area contributed by atoms with Gasteiger partial charge in [-0.3, -0.25) is 4.79 Å². The lowest BCUT2D eigenvalue weighted by Crippen LogP contribution is -2.46. The largest absolute Gasteiger partial charge is 0.339 e. The zero-order chi connectivity index (χ0) is 15.5. The zero-order valence-corrected chi connectivity index (χ0v) is 15.1. The van der Waals surface area contributed by atoms with Gasteiger partial charge < -0.3 is 10.2 Å². The van der Waals surface area contributed by atoms with Gasteiger partial charge in [0.1, 0.15) is 0 Å². The molecule has 128 valence electrons. The van der Waals surface area contributed by atoms with Crippen LogP contribution in [0.4, 0.5) is 0 Å². The topological polar surface area (TPSA) is 32.3 Å². The lowest BCUT2D eigenvalue weighted by Gasteiger charge is -2.33. The summed E-state index contributed by atoms with van der Waals surface area (Å²) in [5, 5.41) is 3.44. The van der Waals surface area contributed by atoms with E-state index in [9.17, 15) is 4.79 Å². The van der Waals surface area contributed by atoms with Crippen LogP contribution in [0.2, 0.25) is 0 Å². The Morgan fingerprint density at radius 2 is 2.00 bits per heavy atom. The van der Waals surface area contributed by atoms with Crippen LogP contribution in [-0.2, 0) is 11.2 Å². The van der Waals surface area contributed by atoms with E-state index in [4.69, 9.17) is 0 Å². The predicted molar refractivity (Wildman–Crippen MR) is 97.1 cm³/mol. The number of hydrogen-bond donors (Lipinski definition) is 1. The number of benzene rings is 1. The van der Waals surface area contributed by atoms with E-state index in [1.807, 2.05) is 0 Å². The summed E-state index contributed by atoms with van der Waals surface area (Å²) in [5.41, 5.74) is 2.65. The number of carbonyl (C=O) groups is 1. The third-order valence-corrected chi connectivity index (χ3v) is 5.23. The van der Waals surface area contributed by atoms with Crippen molar-refractivity contribution in [2.45, 2.75) is 58.0 Å². The van der Waals surface area contributed by atoms with Crippen LogP contribution in [0.1, 0.15) is 43.7 Å². The molecule has 3 rings (SSSR count). The number of likely N-dealkylation sites (tertiary alicyclic amines) is 1. The molecule has 4 heteroatoms. The van der Waals surface area contributed by atoms with Crippen molar-refractivity contribution >= 4 is 18.3 Å². The van der Waals surface area contributed by atoms with Crippen LogP contribution in [0.15, 0.2) is 24.3 Å². The van der Waals surface area contributed by atoms with E-state index in [1.54, 1.807) is 0 Å². The Hall–Kier alpha value is -1.06. The fourth-order valence-electron chi connectivity index (χ4n) is 3.93. The highest BCUT2D eigenvalue weighted by Crippen LogP contribution is 2.27. The van der Waals surface area contributed by atoms with Crippen molar-refractivity contribution < 1.29 is 4.79 Å². The van der Waals surface area contributed by atoms with E-state index in [-0.39, 0.29) is 18.3 Å². The average Bonchev–Trinajstić information content (AvgIpc) is 2.97. The molecule has 2 aliphatic rings. The number of amides is 1. The lowest BCUT2D eigenvalue weighted by molar-refractivity contribution is -0.137. The summed E-state index contributed by atoms with van der Waals surface area (Å²) in [6.07, 6.45) is 5.30. The summed E-state index contributed by atoms with van der Waals surface area (Å²) in [6.45, 7) is 6.24. The first-order valence-electron chi connectivity index (χ1n) is 8.73. The highest BCUT2D eigenvalue weighted by atomic mass is 35.5. The van der Waals surface area contributed by atoms with Gasteiger partial charge in [0.2, 0.25) is 5.91 Å². The van der Waals surface area contributed by atoms with Gasteiger partial charge in [-0.05, 0) is 58.1 Å². The molecular formula is C19H29ClN2O. The predicted octanol–water partition coefficient (Wildman–Crippen LogP) is 3.34. The molecule has 3 atom stereocenters. The third kappa shape index (κ3) is 4.48. The maximum Gasteiger partial charge on any atom is 0.226 e. The van der Waals surface area contributed by atoms with Gasteiger partial charge in [0.05, 0.1) is 0 Å². The number of carbonyl (C=O) groups excluding carboxylic acids is 1. The molecule has 0 spiro atoms. The monoisotopic (exact) mass is 336 g/mol. The minimum Gasteiger partial charge on any atom is -0.339 e. The molecule has 1 N–H and O–H groups in total. The maximum absolute atomic E-state index is 12.9. The Morgan fingerprint density at radius 3 is 2.70 bits per heavy atom. The van der Waals surface area contributed by atoms with Crippen molar-refractivity contribution in [2.24, 2.45) is 5.92 Å². The molecule has 1 unspecified atom stereocenters. The highest BCUT2D eigenvalue weighted by Gasteiger charge is 2.34. The number of rotatable bonds is 3. The van der Waals surface area contributed by atoms with Gasteiger partial charge >= 0.3 is 0 Å². The molecule has 0 radical (unpaired) electrons. The molecule has 2 fully saturated rings. The standard InChI is InChI=1S/C19H28N2O.ClH/c1-14-5-7-16(8-6-14)13-18-4-3-11-21(18)19(22)17-9-10-20-15(2)12-17;/h5-8,15,17-18,20H,3-4,9-13H2,1-2H3;1H/t15-,17-,18?;/m0./s1. The Labute approximate surface area is 146 Å². The summed E-state index contributed by atoms with van der Waals surface area (Å²) in [7, 11) is 0. The Morgan fingerprint density at radius 1 is 1.26 bits per heavy atom. The van der Waals surface area contributed by atoms with Crippen molar-refractivity contribution in [1.29, 1.82) is 0 Å². The van der Waals surface area contributed by atoms with Crippen LogP contribution in [-0.4, -0.2) is 36.0 Å². The Bertz CT molecular complexity index is 517. The fourth-order valence-corrected chi connectivity index (χ4v) is 3.93. The minimum absolute atomic E-state index is 0. The number of hydrogen-bond acceptors (Lipinski definition) is 2. The van der Waals surface area contributed by atoms with Crippen LogP contribution in [0.5, 0.6) is 0 Å². The number of nitrogens with one attached hydrogen (secondary N) is 1. The second kappa shape index (κ2) is 8.16. The molecule has 1 aromatic carbocycles. The Kier molecular flexibility index (Phi) is 6.49. The summed E-state index contributed by atoms with van der Waals surface area (Å²) >= 11 is 0. The normalized spacial score (nSPS) is 27.6. The van der Waals surface area contributed by atoms with E-state index in [0.717, 1.165) is 45.2 Å². The zero-order valence-electron chi connectivity index (χ0n) is 14.3. The van der Waals surface area contributed by atoms with E-state index < -0.39 is 0 Å². The number of nitrogens with zero attached hydrogens (tertiary/aromatic N) is 1. The minimum atomic E-state index is 0. The summed E-state index contributed by atoms with van der Waals surface area (Å²) in [4.78, 5) is 15.1. The SMILES string of the molecule is Cc1ccc(CC2CCCN2C(=O)[C@H]2CCN[C@@H](C)C2)cc1.Cl. The number of aryl methyl sites for hydroxylation is 1. The fraction of sp³-hybridized carbons (Fsp3) is 0.632. The summed E-state index contributed by atoms with van der Waals surface area (Å²) in [6, 6.07) is 9.64. The van der Waals surface area contributed by atoms with Crippen LogP contribution in [0.25, 0.3) is 0 Å². The van der Waals surface area contributed by atoms with E-state index in [2.05, 4.69) is 48.3 Å². The van der Waals surface area contributed by atoms with Gasteiger partial charge in [0.25, 0.3) is 0 Å². The van der Waals surface area contributed by atoms with Gasteiger partial charge in [0.15, 0.2) is 0 Å². The molecule has 2 aliphatic heterocycles. The van der Waals surface area contributed by atoms with Crippen LogP contribution >= 0.6 is 12.4 Å². The van der Waals surface area contributed by atoms with E-state index >= 15 is 0 Å². The molecule has 1 amide bonds. The molecule has 0 aliphatic carbocycles. The first-order chi connectivity index (χ1) is 10.6. The van der Waals surface area contributed by atoms with Crippen LogP contribution in [0, 0.1) is 12.8 Å². The first kappa shape index (κ1) is 18.3. The summed E-state index contributed by atoms with van der Waals surface area (Å²) in [5.74, 6) is 0.637. The van der Waals surface area contributed by atoms with Crippen LogP contribution < -0.4 is 5.32 Å². The van der Waals surface area contributed by atoms with Gasteiger partial charge in [-0.1, -0.05) is 29.8 Å². The van der Waals surface area contributed by atoms with Crippen LogP contribution in [0.3, 0.4) is 0 Å². The van der Waals surface area contributed by atoms with Crippen molar-refractivity contribution in [3.8, 4) is 0 Å². The first-order valence-corrected chi connectivity index (χ1v) is 8.73. The molecule has 2 heterocycles. The molecule has 0 saturated carbocycles. The second-order valence-electron chi connectivity index (χ2n) is 7.09.